The first-order valence-corrected chi connectivity index (χ1v) is 8.44. The Balaban J connectivity index is 2.06. The van der Waals surface area contributed by atoms with E-state index in [9.17, 15) is 0 Å². The minimum absolute atomic E-state index is 0.380. The van der Waals surface area contributed by atoms with Crippen LogP contribution in [0.2, 0.25) is 0 Å². The molecule has 118 valence electrons. The van der Waals surface area contributed by atoms with Gasteiger partial charge < -0.3 is 5.32 Å². The third-order valence-electron chi connectivity index (χ3n) is 5.19. The van der Waals surface area contributed by atoms with Gasteiger partial charge in [0.05, 0.1) is 0 Å². The largest absolute Gasteiger partial charge is 0.307 e. The Labute approximate surface area is 130 Å². The zero-order valence-electron chi connectivity index (χ0n) is 14.4. The van der Waals surface area contributed by atoms with Crippen LogP contribution in [0.1, 0.15) is 52.6 Å². The van der Waals surface area contributed by atoms with E-state index < -0.39 is 0 Å². The summed E-state index contributed by atoms with van der Waals surface area (Å²) < 4.78 is 0. The van der Waals surface area contributed by atoms with Crippen molar-refractivity contribution in [2.45, 2.75) is 53.1 Å². The van der Waals surface area contributed by atoms with Gasteiger partial charge in [-0.3, -0.25) is 4.90 Å². The normalized spacial score (nSPS) is 25.8. The molecule has 0 radical (unpaired) electrons. The van der Waals surface area contributed by atoms with E-state index in [2.05, 4.69) is 75.2 Å². The van der Waals surface area contributed by atoms with Gasteiger partial charge in [0, 0.05) is 31.7 Å². The molecule has 0 amide bonds. The number of rotatable bonds is 4. The Bertz CT molecular complexity index is 421. The van der Waals surface area contributed by atoms with Gasteiger partial charge in [0.25, 0.3) is 0 Å². The second-order valence-electron chi connectivity index (χ2n) is 7.65. The molecule has 3 unspecified atom stereocenters. The van der Waals surface area contributed by atoms with Gasteiger partial charge in [-0.05, 0) is 23.3 Å². The number of nitrogens with zero attached hydrogens (tertiary/aromatic N) is 1. The molecule has 1 N–H and O–H groups in total. The zero-order valence-corrected chi connectivity index (χ0v) is 14.4. The lowest BCUT2D eigenvalue weighted by atomic mass is 9.81. The first kappa shape index (κ1) is 16.5. The molecule has 1 aliphatic rings. The molecular formula is C19H32N2. The molecule has 1 aromatic carbocycles. The van der Waals surface area contributed by atoms with Crippen LogP contribution in [0.4, 0.5) is 0 Å². The van der Waals surface area contributed by atoms with Crippen molar-refractivity contribution in [2.24, 2.45) is 11.3 Å². The fourth-order valence-corrected chi connectivity index (χ4v) is 3.02. The molecule has 2 rings (SSSR count). The smallest absolute Gasteiger partial charge is 0.0449 e. The maximum absolute atomic E-state index is 3.74. The molecule has 1 saturated heterocycles. The summed E-state index contributed by atoms with van der Waals surface area (Å²) in [5, 5.41) is 3.74. The number of piperazine rings is 1. The maximum Gasteiger partial charge on any atom is 0.0449 e. The summed E-state index contributed by atoms with van der Waals surface area (Å²) in [4.78, 5) is 2.71. The van der Waals surface area contributed by atoms with Crippen LogP contribution in [0.3, 0.4) is 0 Å². The van der Waals surface area contributed by atoms with E-state index in [0.29, 0.717) is 23.4 Å². The Morgan fingerprint density at radius 3 is 2.48 bits per heavy atom. The van der Waals surface area contributed by atoms with Crippen molar-refractivity contribution < 1.29 is 0 Å². The number of benzene rings is 1. The lowest BCUT2D eigenvalue weighted by Gasteiger charge is -2.43. The molecule has 1 aliphatic heterocycles. The Kier molecular flexibility index (Phi) is 5.45. The van der Waals surface area contributed by atoms with E-state index in [1.54, 1.807) is 0 Å². The highest BCUT2D eigenvalue weighted by Gasteiger charge is 2.31. The highest BCUT2D eigenvalue weighted by atomic mass is 15.2. The van der Waals surface area contributed by atoms with Gasteiger partial charge >= 0.3 is 0 Å². The quantitative estimate of drug-likeness (QED) is 0.897. The van der Waals surface area contributed by atoms with Gasteiger partial charge in [-0.25, -0.2) is 0 Å². The highest BCUT2D eigenvalue weighted by Crippen LogP contribution is 2.29. The average Bonchev–Trinajstić information content (AvgIpc) is 2.47. The molecule has 0 aromatic heterocycles. The molecule has 2 heteroatoms. The number of hydrogen-bond acceptors (Lipinski definition) is 2. The van der Waals surface area contributed by atoms with Crippen LogP contribution in [0.15, 0.2) is 30.3 Å². The van der Waals surface area contributed by atoms with Crippen LogP contribution in [-0.2, 0) is 0 Å². The molecule has 0 aliphatic carbocycles. The van der Waals surface area contributed by atoms with Crippen molar-refractivity contribution in [3.63, 3.8) is 0 Å². The minimum atomic E-state index is 0.380. The molecular weight excluding hydrogens is 256 g/mol. The third-order valence-corrected chi connectivity index (χ3v) is 5.19. The lowest BCUT2D eigenvalue weighted by Crippen LogP contribution is -2.54. The molecule has 1 fully saturated rings. The van der Waals surface area contributed by atoms with E-state index in [1.165, 1.54) is 18.5 Å². The van der Waals surface area contributed by atoms with Crippen LogP contribution in [0, 0.1) is 11.3 Å². The standard InChI is InChI=1S/C19H32N2/c1-6-17-12-20-18(16-10-8-7-9-11-16)14-21(17)13-15(2)19(3,4)5/h7-11,15,17-18,20H,6,12-14H2,1-5H3. The second kappa shape index (κ2) is 6.93. The van der Waals surface area contributed by atoms with Crippen LogP contribution in [0.5, 0.6) is 0 Å². The maximum atomic E-state index is 3.74. The number of hydrogen-bond donors (Lipinski definition) is 1. The van der Waals surface area contributed by atoms with Crippen LogP contribution >= 0.6 is 0 Å². The lowest BCUT2D eigenvalue weighted by molar-refractivity contribution is 0.0812. The van der Waals surface area contributed by atoms with E-state index in [1.807, 2.05) is 0 Å². The van der Waals surface area contributed by atoms with Crippen LogP contribution in [-0.4, -0.2) is 30.6 Å². The first-order valence-electron chi connectivity index (χ1n) is 8.44. The fourth-order valence-electron chi connectivity index (χ4n) is 3.02. The Morgan fingerprint density at radius 2 is 1.90 bits per heavy atom. The Hall–Kier alpha value is -0.860. The van der Waals surface area contributed by atoms with Crippen molar-refractivity contribution in [3.8, 4) is 0 Å². The molecule has 0 spiro atoms. The molecule has 1 aromatic rings. The summed E-state index contributed by atoms with van der Waals surface area (Å²) in [7, 11) is 0. The molecule has 0 bridgehead atoms. The third kappa shape index (κ3) is 4.31. The summed E-state index contributed by atoms with van der Waals surface area (Å²) in [6.07, 6.45) is 1.23. The fraction of sp³-hybridized carbons (Fsp3) is 0.684. The number of nitrogens with one attached hydrogen (secondary N) is 1. The van der Waals surface area contributed by atoms with Crippen LogP contribution in [0.25, 0.3) is 0 Å². The SMILES string of the molecule is CCC1CNC(c2ccccc2)CN1CC(C)C(C)(C)C. The van der Waals surface area contributed by atoms with Gasteiger partial charge in [0.1, 0.15) is 0 Å². The molecule has 0 saturated carbocycles. The first-order chi connectivity index (χ1) is 9.91. The topological polar surface area (TPSA) is 15.3 Å². The molecule has 21 heavy (non-hydrogen) atoms. The van der Waals surface area contributed by atoms with Gasteiger partial charge in [-0.1, -0.05) is 65.0 Å². The van der Waals surface area contributed by atoms with E-state index in [0.717, 1.165) is 13.1 Å². The molecule has 2 nitrogen and oxygen atoms in total. The summed E-state index contributed by atoms with van der Waals surface area (Å²) in [6.45, 7) is 15.2. The summed E-state index contributed by atoms with van der Waals surface area (Å²) in [5.74, 6) is 0.709. The van der Waals surface area contributed by atoms with Crippen LogP contribution < -0.4 is 5.32 Å². The second-order valence-corrected chi connectivity index (χ2v) is 7.65. The van der Waals surface area contributed by atoms with Gasteiger partial charge in [0.2, 0.25) is 0 Å². The zero-order chi connectivity index (χ0) is 15.5. The highest BCUT2D eigenvalue weighted by molar-refractivity contribution is 5.20. The molecule has 1 heterocycles. The van der Waals surface area contributed by atoms with E-state index in [-0.39, 0.29) is 0 Å². The summed E-state index contributed by atoms with van der Waals surface area (Å²) in [5.41, 5.74) is 1.80. The Morgan fingerprint density at radius 1 is 1.24 bits per heavy atom. The van der Waals surface area contributed by atoms with Gasteiger partial charge in [-0.2, -0.15) is 0 Å². The van der Waals surface area contributed by atoms with Crippen molar-refractivity contribution in [1.82, 2.24) is 10.2 Å². The van der Waals surface area contributed by atoms with Crippen molar-refractivity contribution >= 4 is 0 Å². The predicted molar refractivity (Wildman–Crippen MR) is 91.5 cm³/mol. The van der Waals surface area contributed by atoms with E-state index in [4.69, 9.17) is 0 Å². The van der Waals surface area contributed by atoms with Crippen molar-refractivity contribution in [2.75, 3.05) is 19.6 Å². The van der Waals surface area contributed by atoms with E-state index >= 15 is 0 Å². The van der Waals surface area contributed by atoms with Crippen molar-refractivity contribution in [1.29, 1.82) is 0 Å². The predicted octanol–water partition coefficient (Wildman–Crippen LogP) is 4.09. The average molecular weight is 288 g/mol. The van der Waals surface area contributed by atoms with Gasteiger partial charge in [-0.15, -0.1) is 0 Å². The summed E-state index contributed by atoms with van der Waals surface area (Å²) in [6, 6.07) is 12.0. The van der Waals surface area contributed by atoms with Crippen molar-refractivity contribution in [3.05, 3.63) is 35.9 Å². The summed E-state index contributed by atoms with van der Waals surface area (Å²) >= 11 is 0. The molecule has 3 atom stereocenters. The van der Waals surface area contributed by atoms with Gasteiger partial charge in [0.15, 0.2) is 0 Å². The monoisotopic (exact) mass is 288 g/mol. The minimum Gasteiger partial charge on any atom is -0.307 e.